The molecule has 2 unspecified atom stereocenters. The van der Waals surface area contributed by atoms with Crippen molar-refractivity contribution in [2.75, 3.05) is 31.1 Å². The molecule has 378 valence electrons. The van der Waals surface area contributed by atoms with Gasteiger partial charge in [0.1, 0.15) is 28.8 Å². The second-order valence-electron chi connectivity index (χ2n) is 19.9. The molecule has 3 aliphatic heterocycles. The summed E-state index contributed by atoms with van der Waals surface area (Å²) < 4.78 is 35.2. The van der Waals surface area contributed by atoms with Gasteiger partial charge in [0.2, 0.25) is 0 Å². The van der Waals surface area contributed by atoms with Gasteiger partial charge in [-0.25, -0.2) is 28.1 Å². The Morgan fingerprint density at radius 3 is 2.22 bits per heavy atom. The third-order valence-corrected chi connectivity index (χ3v) is 15.5. The van der Waals surface area contributed by atoms with Crippen LogP contribution in [0, 0.1) is 23.5 Å². The van der Waals surface area contributed by atoms with Gasteiger partial charge in [0.05, 0.1) is 23.0 Å². The maximum atomic E-state index is 16.1. The highest BCUT2D eigenvalue weighted by molar-refractivity contribution is 5.97. The summed E-state index contributed by atoms with van der Waals surface area (Å²) >= 11 is 0. The number of benzene rings is 4. The predicted octanol–water partition coefficient (Wildman–Crippen LogP) is 9.04. The number of nitrogens with zero attached hydrogens (tertiary/aromatic N) is 9. The molecule has 11 rings (SSSR count). The molecule has 2 fully saturated rings. The Morgan fingerprint density at radius 2 is 1.45 bits per heavy atom. The van der Waals surface area contributed by atoms with E-state index in [1.165, 1.54) is 29.8 Å². The zero-order valence-electron chi connectivity index (χ0n) is 41.2. The van der Waals surface area contributed by atoms with Crippen molar-refractivity contribution in [3.63, 3.8) is 0 Å². The average Bonchev–Trinajstić information content (AvgIpc) is 4.15. The number of hydrogen-bond acceptors (Lipinski definition) is 10. The zero-order chi connectivity index (χ0) is 51.5. The van der Waals surface area contributed by atoms with Crippen molar-refractivity contribution < 1.29 is 38.5 Å². The lowest BCUT2D eigenvalue weighted by Gasteiger charge is -2.35. The number of fused-ring (bicyclic) bond motifs is 4. The van der Waals surface area contributed by atoms with Crippen LogP contribution >= 0.6 is 0 Å². The molecule has 15 nitrogen and oxygen atoms in total. The number of rotatable bonds is 10. The lowest BCUT2D eigenvalue weighted by Crippen LogP contribution is -2.39. The Labute approximate surface area is 425 Å². The van der Waals surface area contributed by atoms with Gasteiger partial charge in [0.15, 0.2) is 17.6 Å². The van der Waals surface area contributed by atoms with Gasteiger partial charge >= 0.3 is 5.97 Å². The second-order valence-corrected chi connectivity index (χ2v) is 19.9. The van der Waals surface area contributed by atoms with E-state index in [2.05, 4.69) is 24.0 Å². The van der Waals surface area contributed by atoms with Gasteiger partial charge in [-0.1, -0.05) is 55.5 Å². The molecule has 0 spiro atoms. The van der Waals surface area contributed by atoms with Gasteiger partial charge in [-0.15, -0.1) is 0 Å². The molecule has 74 heavy (non-hydrogen) atoms. The summed E-state index contributed by atoms with van der Waals surface area (Å²) in [4.78, 5) is 56.4. The van der Waals surface area contributed by atoms with Gasteiger partial charge < -0.3 is 30.0 Å². The molecule has 4 atom stereocenters. The molecular formula is C57H55F2N9O6. The van der Waals surface area contributed by atoms with E-state index in [-0.39, 0.29) is 69.2 Å². The van der Waals surface area contributed by atoms with Crippen molar-refractivity contribution in [1.82, 2.24) is 39.0 Å². The first-order valence-electron chi connectivity index (χ1n) is 25.3. The number of carbonyl (C=O) groups excluding carboxylic acids is 2. The topological polar surface area (TPSA) is 182 Å². The zero-order valence-corrected chi connectivity index (χ0v) is 41.2. The van der Waals surface area contributed by atoms with Crippen LogP contribution in [-0.2, 0) is 12.8 Å². The first-order chi connectivity index (χ1) is 35.7. The molecule has 8 aromatic rings. The number of hydrogen-bond donors (Lipinski definition) is 3. The molecule has 4 aromatic carbocycles. The van der Waals surface area contributed by atoms with Crippen LogP contribution in [0.4, 0.5) is 14.6 Å². The van der Waals surface area contributed by atoms with E-state index in [1.54, 1.807) is 57.6 Å². The first kappa shape index (κ1) is 48.4. The van der Waals surface area contributed by atoms with Crippen molar-refractivity contribution in [2.45, 2.75) is 77.7 Å². The van der Waals surface area contributed by atoms with E-state index < -0.39 is 23.9 Å². The molecule has 2 saturated heterocycles. The lowest BCUT2D eigenvalue weighted by atomic mass is 9.85. The standard InChI is InChI=1S/C57H55F2N9O6/c1-4-40-27-48(60-50-29-47(62-67(40)50)43-17-15-37-13-14-38(57(73)74)26-44(37)54(43)59)55(71)65-23-20-35(12-9-32(65)2)39-19-22-64(31-39)52-30-49(56(72)66-24-21-36-7-5-6-8-41(36)33(66)3)61-51-28-46(63-68(51)52)42-16-10-34(25-45(42)58)11-18-53(69)70/h5-8,10-11,13-18,25-30,32-33,35,39,53,69-70H,4,9,12,19-24,31H2,1-3H3,(H,73,74)/b18-11+/t32-,33-,35?,39?/m1/s1. The fourth-order valence-corrected chi connectivity index (χ4v) is 11.4. The maximum Gasteiger partial charge on any atom is 0.335 e. The van der Waals surface area contributed by atoms with E-state index in [0.717, 1.165) is 49.4 Å². The number of aliphatic hydroxyl groups excluding tert-OH is 1. The highest BCUT2D eigenvalue weighted by atomic mass is 19.1. The van der Waals surface area contributed by atoms with Gasteiger partial charge in [-0.05, 0) is 129 Å². The molecule has 0 radical (unpaired) electrons. The van der Waals surface area contributed by atoms with E-state index >= 15 is 8.78 Å². The molecular weight excluding hydrogens is 945 g/mol. The second kappa shape index (κ2) is 19.5. The van der Waals surface area contributed by atoms with Gasteiger partial charge in [0.25, 0.3) is 11.8 Å². The summed E-state index contributed by atoms with van der Waals surface area (Å²) in [6.07, 6.45) is 5.50. The first-order valence-corrected chi connectivity index (χ1v) is 25.3. The number of carbonyl (C=O) groups is 3. The minimum atomic E-state index is -1.67. The number of aryl methyl sites for hydroxylation is 1. The van der Waals surface area contributed by atoms with Crippen LogP contribution < -0.4 is 4.90 Å². The number of likely N-dealkylation sites (tertiary alicyclic amines) is 1. The normalized spacial score (nSPS) is 19.3. The molecule has 4 aromatic heterocycles. The van der Waals surface area contributed by atoms with Gasteiger partial charge in [-0.3, -0.25) is 9.59 Å². The quantitative estimate of drug-likeness (QED) is 0.111. The number of carboxylic acid groups (broad SMARTS) is 1. The Balaban J connectivity index is 0.845. The van der Waals surface area contributed by atoms with E-state index in [9.17, 15) is 29.7 Å². The fourth-order valence-electron chi connectivity index (χ4n) is 11.4. The maximum absolute atomic E-state index is 16.1. The van der Waals surface area contributed by atoms with Gasteiger partial charge in [-0.2, -0.15) is 14.7 Å². The molecule has 0 aliphatic carbocycles. The van der Waals surface area contributed by atoms with Crippen molar-refractivity contribution in [3.8, 4) is 22.5 Å². The summed E-state index contributed by atoms with van der Waals surface area (Å²) in [6.45, 7) is 8.49. The predicted molar refractivity (Wildman–Crippen MR) is 276 cm³/mol. The number of aromatic carboxylic acids is 1. The molecule has 7 heterocycles. The number of halogens is 2. The molecule has 3 aliphatic rings. The van der Waals surface area contributed by atoms with Crippen LogP contribution in [0.25, 0.3) is 50.7 Å². The largest absolute Gasteiger partial charge is 0.478 e. The summed E-state index contributed by atoms with van der Waals surface area (Å²) in [5.74, 6) is -1.44. The third-order valence-electron chi connectivity index (χ3n) is 15.5. The summed E-state index contributed by atoms with van der Waals surface area (Å²) in [6, 6.07) is 27.1. The summed E-state index contributed by atoms with van der Waals surface area (Å²) in [5, 5.41) is 38.5. The lowest BCUT2D eigenvalue weighted by molar-refractivity contribution is 0.00300. The Bertz CT molecular complexity index is 3570. The van der Waals surface area contributed by atoms with E-state index in [0.29, 0.717) is 72.0 Å². The molecule has 3 N–H and O–H groups in total. The van der Waals surface area contributed by atoms with Crippen LogP contribution in [0.15, 0.2) is 103 Å². The van der Waals surface area contributed by atoms with Gasteiger partial charge in [0, 0.05) is 72.6 Å². The minimum Gasteiger partial charge on any atom is -0.478 e. The fraction of sp³-hybridized carbons (Fsp3) is 0.316. The molecule has 17 heteroatoms. The van der Waals surface area contributed by atoms with E-state index in [4.69, 9.17) is 20.2 Å². The van der Waals surface area contributed by atoms with Crippen LogP contribution in [0.3, 0.4) is 0 Å². The smallest absolute Gasteiger partial charge is 0.335 e. The average molecular weight is 1000 g/mol. The number of carboxylic acids is 1. The highest BCUT2D eigenvalue weighted by Gasteiger charge is 2.37. The number of anilines is 1. The monoisotopic (exact) mass is 999 g/mol. The van der Waals surface area contributed by atoms with Crippen molar-refractivity contribution in [2.24, 2.45) is 11.8 Å². The Hall–Kier alpha value is -7.89. The van der Waals surface area contributed by atoms with Crippen molar-refractivity contribution >= 4 is 51.7 Å². The number of aliphatic hydroxyl groups is 2. The molecule has 0 saturated carbocycles. The van der Waals surface area contributed by atoms with Crippen LogP contribution in [0.5, 0.6) is 0 Å². The van der Waals surface area contributed by atoms with Crippen molar-refractivity contribution in [1.29, 1.82) is 0 Å². The summed E-state index contributed by atoms with van der Waals surface area (Å²) in [5.41, 5.74) is 5.93. The third kappa shape index (κ3) is 8.93. The minimum absolute atomic E-state index is 0.0213. The van der Waals surface area contributed by atoms with Crippen LogP contribution in [0.1, 0.15) is 106 Å². The van der Waals surface area contributed by atoms with Crippen molar-refractivity contribution in [3.05, 3.63) is 154 Å². The molecule has 2 amide bonds. The molecule has 0 bridgehead atoms. The Morgan fingerprint density at radius 1 is 0.743 bits per heavy atom. The van der Waals surface area contributed by atoms with Crippen LogP contribution in [0.2, 0.25) is 0 Å². The SMILES string of the molecule is CCc1cc(C(=O)N2CCC(C3CCN(c4cc(C(=O)N5CCc6ccccc6[C@H]5C)nc5cc(-c6ccc(/C=C/C(O)O)cc6F)nn45)C3)CC[C@H]2C)nc2cc(-c3ccc4ccc(C(=O)O)cc4c3F)nn12. The number of amides is 2. The van der Waals surface area contributed by atoms with E-state index in [1.807, 2.05) is 41.8 Å². The Kier molecular flexibility index (Phi) is 12.8. The number of aromatic nitrogens is 6. The van der Waals surface area contributed by atoms with Crippen LogP contribution in [-0.4, -0.2) is 111 Å². The summed E-state index contributed by atoms with van der Waals surface area (Å²) in [7, 11) is 0. The highest BCUT2D eigenvalue weighted by Crippen LogP contribution is 2.38.